The molecule has 0 radical (unpaired) electrons. The molecule has 3 nitrogen and oxygen atoms in total. The number of hydrogen-bond donors (Lipinski definition) is 0. The highest BCUT2D eigenvalue weighted by Crippen LogP contribution is 2.19. The highest BCUT2D eigenvalue weighted by molar-refractivity contribution is 5.59. The third kappa shape index (κ3) is 1.42. The normalized spacial score (nSPS) is 32.7. The van der Waals surface area contributed by atoms with E-state index in [-0.39, 0.29) is 5.60 Å². The van der Waals surface area contributed by atoms with Gasteiger partial charge in [0.1, 0.15) is 0 Å². The van der Waals surface area contributed by atoms with Crippen LogP contribution in [-0.2, 0) is 9.57 Å². The van der Waals surface area contributed by atoms with Gasteiger partial charge >= 0.3 is 0 Å². The van der Waals surface area contributed by atoms with Crippen molar-refractivity contribution in [1.82, 2.24) is 0 Å². The van der Waals surface area contributed by atoms with Crippen molar-refractivity contribution in [3.05, 3.63) is 0 Å². The zero-order valence-electron chi connectivity index (χ0n) is 5.76. The molecule has 1 atom stereocenters. The molecule has 0 fully saturated rings. The van der Waals surface area contributed by atoms with Gasteiger partial charge in [0, 0.05) is 19.7 Å². The predicted molar refractivity (Wildman–Crippen MR) is 34.5 cm³/mol. The van der Waals surface area contributed by atoms with Gasteiger partial charge in [0.25, 0.3) is 0 Å². The van der Waals surface area contributed by atoms with E-state index in [4.69, 9.17) is 9.57 Å². The quantitative estimate of drug-likeness (QED) is 0.552. The van der Waals surface area contributed by atoms with Gasteiger partial charge in [0.2, 0.25) is 0 Å². The number of methoxy groups -OCH3 is 1. The molecule has 0 aromatic carbocycles. The monoisotopic (exact) mass is 129 g/mol. The lowest BCUT2D eigenvalue weighted by atomic mass is 10.1. The molecule has 0 aromatic rings. The molecule has 9 heavy (non-hydrogen) atoms. The molecule has 1 heterocycles. The summed E-state index contributed by atoms with van der Waals surface area (Å²) in [6.45, 7) is 2.58. The SMILES string of the molecule is COCC1(C)CC=NO1. The van der Waals surface area contributed by atoms with Gasteiger partial charge in [0.05, 0.1) is 6.61 Å². The number of nitrogens with zero attached hydrogens (tertiary/aromatic N) is 1. The van der Waals surface area contributed by atoms with E-state index in [0.717, 1.165) is 6.42 Å². The van der Waals surface area contributed by atoms with Crippen molar-refractivity contribution in [2.75, 3.05) is 13.7 Å². The minimum atomic E-state index is -0.200. The van der Waals surface area contributed by atoms with Crippen molar-refractivity contribution < 1.29 is 9.57 Å². The average Bonchev–Trinajstić information content (AvgIpc) is 2.16. The zero-order chi connectivity index (χ0) is 6.74. The lowest BCUT2D eigenvalue weighted by molar-refractivity contribution is -0.0551. The fourth-order valence-corrected chi connectivity index (χ4v) is 0.823. The Balaban J connectivity index is 2.36. The van der Waals surface area contributed by atoms with Crippen LogP contribution in [0.4, 0.5) is 0 Å². The molecule has 0 bridgehead atoms. The fraction of sp³-hybridized carbons (Fsp3) is 0.833. The Morgan fingerprint density at radius 2 is 2.67 bits per heavy atom. The Morgan fingerprint density at radius 1 is 1.89 bits per heavy atom. The molecular formula is C6H11NO2. The van der Waals surface area contributed by atoms with Crippen molar-refractivity contribution in [2.24, 2.45) is 5.16 Å². The molecule has 1 rings (SSSR count). The van der Waals surface area contributed by atoms with E-state index < -0.39 is 0 Å². The molecule has 0 saturated carbocycles. The van der Waals surface area contributed by atoms with Crippen LogP contribution in [0.15, 0.2) is 5.16 Å². The van der Waals surface area contributed by atoms with Gasteiger partial charge in [0.15, 0.2) is 5.60 Å². The third-order valence-corrected chi connectivity index (χ3v) is 1.32. The summed E-state index contributed by atoms with van der Waals surface area (Å²) in [6, 6.07) is 0. The summed E-state index contributed by atoms with van der Waals surface area (Å²) in [6.07, 6.45) is 2.61. The van der Waals surface area contributed by atoms with Crippen molar-refractivity contribution in [2.45, 2.75) is 18.9 Å². The largest absolute Gasteiger partial charge is 0.387 e. The molecule has 1 aliphatic heterocycles. The Morgan fingerprint density at radius 3 is 3.11 bits per heavy atom. The second-order valence-electron chi connectivity index (χ2n) is 2.47. The van der Waals surface area contributed by atoms with Crippen LogP contribution in [0, 0.1) is 0 Å². The summed E-state index contributed by atoms with van der Waals surface area (Å²) in [5.74, 6) is 0. The van der Waals surface area contributed by atoms with E-state index in [0.29, 0.717) is 6.61 Å². The number of hydrogen-bond acceptors (Lipinski definition) is 3. The van der Waals surface area contributed by atoms with Crippen molar-refractivity contribution in [3.63, 3.8) is 0 Å². The van der Waals surface area contributed by atoms with Crippen LogP contribution >= 0.6 is 0 Å². The number of oxime groups is 1. The molecule has 0 saturated heterocycles. The van der Waals surface area contributed by atoms with E-state index in [9.17, 15) is 0 Å². The second-order valence-corrected chi connectivity index (χ2v) is 2.47. The Labute approximate surface area is 54.6 Å². The van der Waals surface area contributed by atoms with Crippen LogP contribution in [0.1, 0.15) is 13.3 Å². The van der Waals surface area contributed by atoms with Crippen LogP contribution in [0.25, 0.3) is 0 Å². The summed E-state index contributed by atoms with van der Waals surface area (Å²) in [4.78, 5) is 5.03. The van der Waals surface area contributed by atoms with Crippen LogP contribution in [0.3, 0.4) is 0 Å². The zero-order valence-corrected chi connectivity index (χ0v) is 5.76. The minimum absolute atomic E-state index is 0.200. The molecule has 0 aromatic heterocycles. The summed E-state index contributed by atoms with van der Waals surface area (Å²) >= 11 is 0. The molecule has 3 heteroatoms. The molecule has 0 aliphatic carbocycles. The van der Waals surface area contributed by atoms with E-state index in [1.54, 1.807) is 13.3 Å². The van der Waals surface area contributed by atoms with Crippen LogP contribution in [0.5, 0.6) is 0 Å². The van der Waals surface area contributed by atoms with Gasteiger partial charge in [-0.05, 0) is 6.92 Å². The van der Waals surface area contributed by atoms with Gasteiger partial charge in [-0.1, -0.05) is 5.16 Å². The van der Waals surface area contributed by atoms with Gasteiger partial charge in [-0.25, -0.2) is 0 Å². The molecule has 0 spiro atoms. The first-order valence-electron chi connectivity index (χ1n) is 2.96. The second kappa shape index (κ2) is 2.35. The van der Waals surface area contributed by atoms with Gasteiger partial charge in [-0.2, -0.15) is 0 Å². The van der Waals surface area contributed by atoms with Gasteiger partial charge < -0.3 is 9.57 Å². The lowest BCUT2D eigenvalue weighted by Gasteiger charge is -2.18. The Bertz CT molecular complexity index is 114. The molecule has 0 amide bonds. The molecular weight excluding hydrogens is 118 g/mol. The Kier molecular flexibility index (Phi) is 1.71. The maximum atomic E-state index is 5.03. The van der Waals surface area contributed by atoms with Crippen molar-refractivity contribution in [1.29, 1.82) is 0 Å². The number of ether oxygens (including phenoxy) is 1. The van der Waals surface area contributed by atoms with Crippen LogP contribution in [-0.4, -0.2) is 25.5 Å². The van der Waals surface area contributed by atoms with Crippen molar-refractivity contribution in [3.8, 4) is 0 Å². The molecule has 0 N–H and O–H groups in total. The topological polar surface area (TPSA) is 30.8 Å². The maximum Gasteiger partial charge on any atom is 0.163 e. The van der Waals surface area contributed by atoms with Gasteiger partial charge in [-0.15, -0.1) is 0 Å². The first-order valence-corrected chi connectivity index (χ1v) is 2.96. The van der Waals surface area contributed by atoms with E-state index in [1.165, 1.54) is 0 Å². The van der Waals surface area contributed by atoms with E-state index >= 15 is 0 Å². The molecule has 52 valence electrons. The van der Waals surface area contributed by atoms with Crippen LogP contribution < -0.4 is 0 Å². The van der Waals surface area contributed by atoms with Gasteiger partial charge in [-0.3, -0.25) is 0 Å². The first kappa shape index (κ1) is 6.55. The maximum absolute atomic E-state index is 5.03. The smallest absolute Gasteiger partial charge is 0.163 e. The summed E-state index contributed by atoms with van der Waals surface area (Å²) in [7, 11) is 1.66. The Hall–Kier alpha value is -0.570. The third-order valence-electron chi connectivity index (χ3n) is 1.32. The fourth-order valence-electron chi connectivity index (χ4n) is 0.823. The number of rotatable bonds is 2. The highest BCUT2D eigenvalue weighted by atomic mass is 16.7. The summed E-state index contributed by atoms with van der Waals surface area (Å²) in [5, 5.41) is 3.65. The lowest BCUT2D eigenvalue weighted by Crippen LogP contribution is -2.29. The van der Waals surface area contributed by atoms with Crippen molar-refractivity contribution >= 4 is 6.21 Å². The summed E-state index contributed by atoms with van der Waals surface area (Å²) in [5.41, 5.74) is -0.200. The first-order chi connectivity index (χ1) is 4.27. The average molecular weight is 129 g/mol. The molecule has 1 aliphatic rings. The summed E-state index contributed by atoms with van der Waals surface area (Å²) < 4.78 is 4.92. The van der Waals surface area contributed by atoms with E-state index in [2.05, 4.69) is 5.16 Å². The van der Waals surface area contributed by atoms with E-state index in [1.807, 2.05) is 6.92 Å². The minimum Gasteiger partial charge on any atom is -0.387 e. The highest BCUT2D eigenvalue weighted by Gasteiger charge is 2.28. The predicted octanol–water partition coefficient (Wildman–Crippen LogP) is 0.798. The molecule has 1 unspecified atom stereocenters. The standard InChI is InChI=1S/C6H11NO2/c1-6(5-8-2)3-4-7-9-6/h4H,3,5H2,1-2H3. The van der Waals surface area contributed by atoms with Crippen LogP contribution in [0.2, 0.25) is 0 Å².